The summed E-state index contributed by atoms with van der Waals surface area (Å²) in [6.07, 6.45) is 1.22. The van der Waals surface area contributed by atoms with Gasteiger partial charge in [0, 0.05) is 19.5 Å². The fourth-order valence-corrected chi connectivity index (χ4v) is 1.85. The summed E-state index contributed by atoms with van der Waals surface area (Å²) < 4.78 is 0. The van der Waals surface area contributed by atoms with E-state index in [1.807, 2.05) is 30.9 Å². The molecule has 17 heavy (non-hydrogen) atoms. The van der Waals surface area contributed by atoms with Crippen molar-refractivity contribution >= 4 is 23.2 Å². The molecule has 94 valence electrons. The molecule has 0 saturated carbocycles. The molecule has 1 amide bonds. The van der Waals surface area contributed by atoms with Crippen molar-refractivity contribution in [3.05, 3.63) is 28.8 Å². The van der Waals surface area contributed by atoms with Crippen LogP contribution >= 0.6 is 11.6 Å². The lowest BCUT2D eigenvalue weighted by atomic mass is 10.1. The number of nitrogens with zero attached hydrogens (tertiary/aromatic N) is 1. The fourth-order valence-electron chi connectivity index (χ4n) is 1.73. The quantitative estimate of drug-likeness (QED) is 0.822. The van der Waals surface area contributed by atoms with Crippen LogP contribution < -0.4 is 5.73 Å². The zero-order chi connectivity index (χ0) is 12.8. The van der Waals surface area contributed by atoms with Crippen molar-refractivity contribution in [1.29, 1.82) is 0 Å². The zero-order valence-electron chi connectivity index (χ0n) is 10.4. The molecule has 0 heterocycles. The smallest absolute Gasteiger partial charge is 0.222 e. The van der Waals surface area contributed by atoms with Gasteiger partial charge in [0.15, 0.2) is 0 Å². The molecule has 1 rings (SSSR count). The lowest BCUT2D eigenvalue weighted by molar-refractivity contribution is -0.130. The Bertz CT molecular complexity index is 389. The van der Waals surface area contributed by atoms with Gasteiger partial charge in [-0.25, -0.2) is 0 Å². The van der Waals surface area contributed by atoms with Crippen LogP contribution in [-0.4, -0.2) is 23.9 Å². The molecular formula is C13H19ClN2O. The minimum Gasteiger partial charge on any atom is -0.398 e. The Labute approximate surface area is 108 Å². The summed E-state index contributed by atoms with van der Waals surface area (Å²) in [6.45, 7) is 5.50. The SMILES string of the molecule is CCN(CC)C(=O)CCc1ccc(Cl)c(N)c1. The normalized spacial score (nSPS) is 10.3. The summed E-state index contributed by atoms with van der Waals surface area (Å²) in [5, 5.41) is 0.559. The molecule has 1 aromatic carbocycles. The van der Waals surface area contributed by atoms with Crippen molar-refractivity contribution in [3.8, 4) is 0 Å². The predicted octanol–water partition coefficient (Wildman–Crippen LogP) is 2.72. The van der Waals surface area contributed by atoms with Crippen LogP contribution in [-0.2, 0) is 11.2 Å². The molecule has 0 aliphatic heterocycles. The molecule has 0 radical (unpaired) electrons. The third-order valence-electron chi connectivity index (χ3n) is 2.80. The third kappa shape index (κ3) is 3.93. The lowest BCUT2D eigenvalue weighted by Crippen LogP contribution is -2.30. The molecule has 0 fully saturated rings. The van der Waals surface area contributed by atoms with Crippen LogP contribution in [0.1, 0.15) is 25.8 Å². The zero-order valence-corrected chi connectivity index (χ0v) is 11.1. The van der Waals surface area contributed by atoms with Gasteiger partial charge in [0.25, 0.3) is 0 Å². The van der Waals surface area contributed by atoms with Gasteiger partial charge in [-0.3, -0.25) is 4.79 Å². The fraction of sp³-hybridized carbons (Fsp3) is 0.462. The predicted molar refractivity (Wildman–Crippen MR) is 72.1 cm³/mol. The van der Waals surface area contributed by atoms with Gasteiger partial charge in [-0.1, -0.05) is 17.7 Å². The highest BCUT2D eigenvalue weighted by Gasteiger charge is 2.09. The summed E-state index contributed by atoms with van der Waals surface area (Å²) in [5.74, 6) is 0.184. The maximum atomic E-state index is 11.8. The Hall–Kier alpha value is -1.22. The minimum atomic E-state index is 0.184. The molecule has 0 aliphatic rings. The van der Waals surface area contributed by atoms with Crippen molar-refractivity contribution in [2.24, 2.45) is 0 Å². The maximum absolute atomic E-state index is 11.8. The first-order valence-electron chi connectivity index (χ1n) is 5.90. The van der Waals surface area contributed by atoms with Crippen LogP contribution in [0.3, 0.4) is 0 Å². The number of amides is 1. The van der Waals surface area contributed by atoms with E-state index in [4.69, 9.17) is 17.3 Å². The molecule has 3 nitrogen and oxygen atoms in total. The van der Waals surface area contributed by atoms with Gasteiger partial charge in [0.2, 0.25) is 5.91 Å². The number of nitrogens with two attached hydrogens (primary N) is 1. The van der Waals surface area contributed by atoms with E-state index in [1.54, 1.807) is 6.07 Å². The lowest BCUT2D eigenvalue weighted by Gasteiger charge is -2.18. The Balaban J connectivity index is 2.55. The van der Waals surface area contributed by atoms with Crippen LogP contribution in [0.4, 0.5) is 5.69 Å². The highest BCUT2D eigenvalue weighted by Crippen LogP contribution is 2.20. The molecule has 0 atom stereocenters. The number of halogens is 1. The Morgan fingerprint density at radius 3 is 2.53 bits per heavy atom. The van der Waals surface area contributed by atoms with Crippen LogP contribution in [0.25, 0.3) is 0 Å². The van der Waals surface area contributed by atoms with Crippen LogP contribution in [0.2, 0.25) is 5.02 Å². The second kappa shape index (κ2) is 6.50. The molecule has 0 bridgehead atoms. The van der Waals surface area contributed by atoms with Crippen molar-refractivity contribution in [1.82, 2.24) is 4.90 Å². The largest absolute Gasteiger partial charge is 0.398 e. The first kappa shape index (κ1) is 13.8. The number of aryl methyl sites for hydroxylation is 1. The summed E-state index contributed by atoms with van der Waals surface area (Å²) in [7, 11) is 0. The average molecular weight is 255 g/mol. The number of hydrogen-bond donors (Lipinski definition) is 1. The number of benzene rings is 1. The minimum absolute atomic E-state index is 0.184. The van der Waals surface area contributed by atoms with Gasteiger partial charge in [-0.2, -0.15) is 0 Å². The highest BCUT2D eigenvalue weighted by molar-refractivity contribution is 6.33. The number of carbonyl (C=O) groups is 1. The van der Waals surface area contributed by atoms with Crippen molar-refractivity contribution in [3.63, 3.8) is 0 Å². The number of nitrogen functional groups attached to an aromatic ring is 1. The summed E-state index contributed by atoms with van der Waals surface area (Å²) >= 11 is 5.84. The van der Waals surface area contributed by atoms with E-state index in [0.717, 1.165) is 18.7 Å². The molecule has 0 aliphatic carbocycles. The topological polar surface area (TPSA) is 46.3 Å². The molecule has 0 spiro atoms. The molecule has 0 saturated heterocycles. The number of hydrogen-bond acceptors (Lipinski definition) is 2. The number of carbonyl (C=O) groups excluding carboxylic acids is 1. The highest BCUT2D eigenvalue weighted by atomic mass is 35.5. The number of anilines is 1. The van der Waals surface area contributed by atoms with Crippen molar-refractivity contribution < 1.29 is 4.79 Å². The number of rotatable bonds is 5. The Morgan fingerprint density at radius 1 is 1.35 bits per heavy atom. The van der Waals surface area contributed by atoms with Gasteiger partial charge >= 0.3 is 0 Å². The van der Waals surface area contributed by atoms with E-state index in [-0.39, 0.29) is 5.91 Å². The third-order valence-corrected chi connectivity index (χ3v) is 3.15. The average Bonchev–Trinajstić information content (AvgIpc) is 2.32. The first-order valence-corrected chi connectivity index (χ1v) is 6.28. The standard InChI is InChI=1S/C13H19ClN2O/c1-3-16(4-2)13(17)8-6-10-5-7-11(14)12(15)9-10/h5,7,9H,3-4,6,8,15H2,1-2H3. The molecule has 0 unspecified atom stereocenters. The van der Waals surface area contributed by atoms with Crippen LogP contribution in [0.5, 0.6) is 0 Å². The molecule has 4 heteroatoms. The first-order chi connectivity index (χ1) is 8.08. The summed E-state index contributed by atoms with van der Waals surface area (Å²) in [5.41, 5.74) is 7.33. The van der Waals surface area contributed by atoms with Crippen molar-refractivity contribution in [2.75, 3.05) is 18.8 Å². The van der Waals surface area contributed by atoms with E-state index >= 15 is 0 Å². The van der Waals surface area contributed by atoms with E-state index in [0.29, 0.717) is 23.6 Å². The summed E-state index contributed by atoms with van der Waals surface area (Å²) in [6, 6.07) is 5.51. The Morgan fingerprint density at radius 2 is 2.00 bits per heavy atom. The second-order valence-corrected chi connectivity index (χ2v) is 4.33. The second-order valence-electron chi connectivity index (χ2n) is 3.92. The molecular weight excluding hydrogens is 236 g/mol. The monoisotopic (exact) mass is 254 g/mol. The maximum Gasteiger partial charge on any atom is 0.222 e. The van der Waals surface area contributed by atoms with Gasteiger partial charge in [-0.15, -0.1) is 0 Å². The van der Waals surface area contributed by atoms with E-state index in [2.05, 4.69) is 0 Å². The van der Waals surface area contributed by atoms with E-state index < -0.39 is 0 Å². The van der Waals surface area contributed by atoms with Gasteiger partial charge < -0.3 is 10.6 Å². The molecule has 0 aromatic heterocycles. The Kier molecular flexibility index (Phi) is 5.29. The molecule has 1 aromatic rings. The summed E-state index contributed by atoms with van der Waals surface area (Å²) in [4.78, 5) is 13.6. The van der Waals surface area contributed by atoms with E-state index in [1.165, 1.54) is 0 Å². The van der Waals surface area contributed by atoms with Crippen LogP contribution in [0, 0.1) is 0 Å². The van der Waals surface area contributed by atoms with Gasteiger partial charge in [0.05, 0.1) is 10.7 Å². The van der Waals surface area contributed by atoms with E-state index in [9.17, 15) is 4.79 Å². The van der Waals surface area contributed by atoms with Crippen LogP contribution in [0.15, 0.2) is 18.2 Å². The van der Waals surface area contributed by atoms with Gasteiger partial charge in [-0.05, 0) is 38.0 Å². The van der Waals surface area contributed by atoms with Gasteiger partial charge in [0.1, 0.15) is 0 Å². The van der Waals surface area contributed by atoms with Crippen molar-refractivity contribution in [2.45, 2.75) is 26.7 Å². The molecule has 2 N–H and O–H groups in total.